The number of aromatic hydroxyl groups is 1. The summed E-state index contributed by atoms with van der Waals surface area (Å²) in [5, 5.41) is 17.4. The number of rotatable bonds is 4. The van der Waals surface area contributed by atoms with Crippen molar-refractivity contribution in [2.24, 2.45) is 0 Å². The highest BCUT2D eigenvalue weighted by molar-refractivity contribution is 5.97. The fraction of sp³-hybridized carbons (Fsp3) is 0.0714. The zero-order chi connectivity index (χ0) is 14.8. The second-order valence-corrected chi connectivity index (χ2v) is 4.34. The van der Waals surface area contributed by atoms with E-state index in [0.29, 0.717) is 34.9 Å². The molecule has 3 aromatic rings. The number of aromatic nitrogens is 4. The lowest BCUT2D eigenvalue weighted by atomic mass is 10.1. The van der Waals surface area contributed by atoms with E-state index in [0.717, 1.165) is 5.56 Å². The number of nitrogens with zero attached hydrogens (tertiary/aromatic N) is 3. The molecule has 0 spiro atoms. The van der Waals surface area contributed by atoms with E-state index < -0.39 is 0 Å². The lowest BCUT2D eigenvalue weighted by Gasteiger charge is -2.07. The van der Waals surface area contributed by atoms with E-state index in [1.807, 2.05) is 0 Å². The van der Waals surface area contributed by atoms with Crippen molar-refractivity contribution in [3.05, 3.63) is 37.2 Å². The van der Waals surface area contributed by atoms with Crippen LogP contribution in [0.3, 0.4) is 0 Å². The van der Waals surface area contributed by atoms with Crippen LogP contribution in [0.15, 0.2) is 37.2 Å². The van der Waals surface area contributed by atoms with Gasteiger partial charge in [0, 0.05) is 5.56 Å². The summed E-state index contributed by atoms with van der Waals surface area (Å²) < 4.78 is 5.40. The first kappa shape index (κ1) is 12.9. The van der Waals surface area contributed by atoms with Gasteiger partial charge in [0.2, 0.25) is 0 Å². The molecule has 0 aliphatic carbocycles. The predicted molar refractivity (Wildman–Crippen MR) is 78.9 cm³/mol. The van der Waals surface area contributed by atoms with E-state index in [2.05, 4.69) is 26.7 Å². The Labute approximate surface area is 120 Å². The number of phenols is 1. The van der Waals surface area contributed by atoms with Crippen molar-refractivity contribution >= 4 is 16.9 Å². The quantitative estimate of drug-likeness (QED) is 0.630. The SMILES string of the molecule is C=CCOc1cc(-c2n[nH]c3ncnc(N)c23)ccc1O. The van der Waals surface area contributed by atoms with Gasteiger partial charge in [-0.25, -0.2) is 9.97 Å². The van der Waals surface area contributed by atoms with Gasteiger partial charge in [-0.05, 0) is 18.2 Å². The number of anilines is 1. The molecule has 2 aromatic heterocycles. The summed E-state index contributed by atoms with van der Waals surface area (Å²) >= 11 is 0. The van der Waals surface area contributed by atoms with Gasteiger partial charge >= 0.3 is 0 Å². The molecule has 0 amide bonds. The molecule has 7 nitrogen and oxygen atoms in total. The number of phenolic OH excluding ortho intramolecular Hbond substituents is 1. The summed E-state index contributed by atoms with van der Waals surface area (Å²) in [5.41, 5.74) is 7.78. The van der Waals surface area contributed by atoms with Crippen molar-refractivity contribution in [1.82, 2.24) is 20.2 Å². The van der Waals surface area contributed by atoms with E-state index in [1.54, 1.807) is 18.2 Å². The molecule has 2 heterocycles. The fourth-order valence-electron chi connectivity index (χ4n) is 2.02. The number of nitrogens with one attached hydrogen (secondary N) is 1. The van der Waals surface area contributed by atoms with Crippen LogP contribution in [0.2, 0.25) is 0 Å². The highest BCUT2D eigenvalue weighted by Gasteiger charge is 2.14. The molecule has 7 heteroatoms. The van der Waals surface area contributed by atoms with Crippen molar-refractivity contribution in [2.75, 3.05) is 12.3 Å². The third-order valence-electron chi connectivity index (χ3n) is 2.98. The molecule has 106 valence electrons. The molecule has 0 unspecified atom stereocenters. The van der Waals surface area contributed by atoms with Crippen LogP contribution in [-0.4, -0.2) is 31.9 Å². The molecule has 0 radical (unpaired) electrons. The third-order valence-corrected chi connectivity index (χ3v) is 2.98. The molecule has 0 saturated carbocycles. The Hall–Kier alpha value is -3.09. The second-order valence-electron chi connectivity index (χ2n) is 4.34. The smallest absolute Gasteiger partial charge is 0.162 e. The number of hydrogen-bond donors (Lipinski definition) is 3. The molecule has 4 N–H and O–H groups in total. The van der Waals surface area contributed by atoms with Crippen molar-refractivity contribution < 1.29 is 9.84 Å². The van der Waals surface area contributed by atoms with Crippen LogP contribution >= 0.6 is 0 Å². The van der Waals surface area contributed by atoms with E-state index in [-0.39, 0.29) is 5.75 Å². The molecule has 3 rings (SSSR count). The molecule has 21 heavy (non-hydrogen) atoms. The number of hydrogen-bond acceptors (Lipinski definition) is 6. The van der Waals surface area contributed by atoms with Gasteiger partial charge in [-0.1, -0.05) is 12.7 Å². The van der Waals surface area contributed by atoms with Gasteiger partial charge in [0.1, 0.15) is 24.4 Å². The summed E-state index contributed by atoms with van der Waals surface area (Å²) in [5.74, 6) is 0.731. The Morgan fingerprint density at radius 3 is 3.05 bits per heavy atom. The normalized spacial score (nSPS) is 10.7. The van der Waals surface area contributed by atoms with Crippen molar-refractivity contribution in [2.45, 2.75) is 0 Å². The summed E-state index contributed by atoms with van der Waals surface area (Å²) in [4.78, 5) is 8.04. The molecule has 1 aromatic carbocycles. The second kappa shape index (κ2) is 5.12. The Bertz CT molecular complexity index is 812. The minimum absolute atomic E-state index is 0.0460. The number of ether oxygens (including phenoxy) is 1. The van der Waals surface area contributed by atoms with Crippen LogP contribution in [-0.2, 0) is 0 Å². The van der Waals surface area contributed by atoms with Crippen LogP contribution in [0.4, 0.5) is 5.82 Å². The highest BCUT2D eigenvalue weighted by atomic mass is 16.5. The minimum atomic E-state index is 0.0460. The van der Waals surface area contributed by atoms with Gasteiger partial charge in [0.15, 0.2) is 17.1 Å². The van der Waals surface area contributed by atoms with Gasteiger partial charge in [-0.15, -0.1) is 0 Å². The van der Waals surface area contributed by atoms with Crippen LogP contribution in [0.1, 0.15) is 0 Å². The van der Waals surface area contributed by atoms with E-state index in [4.69, 9.17) is 10.5 Å². The monoisotopic (exact) mass is 283 g/mol. The fourth-order valence-corrected chi connectivity index (χ4v) is 2.02. The van der Waals surface area contributed by atoms with Gasteiger partial charge in [0.05, 0.1) is 5.39 Å². The molecule has 0 aliphatic rings. The maximum Gasteiger partial charge on any atom is 0.162 e. The lowest BCUT2D eigenvalue weighted by Crippen LogP contribution is -1.94. The van der Waals surface area contributed by atoms with Crippen molar-refractivity contribution in [3.63, 3.8) is 0 Å². The van der Waals surface area contributed by atoms with Gasteiger partial charge in [0.25, 0.3) is 0 Å². The molecular weight excluding hydrogens is 270 g/mol. The van der Waals surface area contributed by atoms with E-state index in [1.165, 1.54) is 12.4 Å². The Morgan fingerprint density at radius 1 is 1.38 bits per heavy atom. The molecule has 0 saturated heterocycles. The first-order valence-electron chi connectivity index (χ1n) is 6.22. The zero-order valence-electron chi connectivity index (χ0n) is 11.1. The van der Waals surface area contributed by atoms with Crippen molar-refractivity contribution in [3.8, 4) is 22.8 Å². The summed E-state index contributed by atoms with van der Waals surface area (Å²) in [6.07, 6.45) is 2.97. The van der Waals surface area contributed by atoms with Crippen LogP contribution in [0, 0.1) is 0 Å². The first-order chi connectivity index (χ1) is 10.2. The number of H-pyrrole nitrogens is 1. The summed E-state index contributed by atoms with van der Waals surface area (Å²) in [6.45, 7) is 3.87. The highest BCUT2D eigenvalue weighted by Crippen LogP contribution is 2.34. The number of benzene rings is 1. The predicted octanol–water partition coefficient (Wildman–Crippen LogP) is 1.87. The zero-order valence-corrected chi connectivity index (χ0v) is 11.1. The molecular formula is C14H13N5O2. The molecule has 0 aliphatic heterocycles. The van der Waals surface area contributed by atoms with Crippen molar-refractivity contribution in [1.29, 1.82) is 0 Å². The van der Waals surface area contributed by atoms with E-state index >= 15 is 0 Å². The maximum absolute atomic E-state index is 9.79. The lowest BCUT2D eigenvalue weighted by molar-refractivity contribution is 0.336. The van der Waals surface area contributed by atoms with Gasteiger partial charge < -0.3 is 15.6 Å². The largest absolute Gasteiger partial charge is 0.504 e. The Kier molecular flexibility index (Phi) is 3.15. The Morgan fingerprint density at radius 2 is 2.24 bits per heavy atom. The maximum atomic E-state index is 9.79. The molecule has 0 atom stereocenters. The number of nitrogens with two attached hydrogens (primary N) is 1. The molecule has 0 bridgehead atoms. The standard InChI is InChI=1S/C14H13N5O2/c1-2-5-21-10-6-8(3-4-9(10)20)12-11-13(15)16-7-17-14(11)19-18-12/h2-4,6-7,20H,1,5H2,(H3,15,16,17,18,19). The number of aromatic amines is 1. The average molecular weight is 283 g/mol. The summed E-state index contributed by atoms with van der Waals surface area (Å²) in [7, 11) is 0. The number of fused-ring (bicyclic) bond motifs is 1. The van der Waals surface area contributed by atoms with Gasteiger partial charge in [-0.2, -0.15) is 5.10 Å². The van der Waals surface area contributed by atoms with Crippen LogP contribution in [0.25, 0.3) is 22.3 Å². The average Bonchev–Trinajstić information content (AvgIpc) is 2.92. The minimum Gasteiger partial charge on any atom is -0.504 e. The third kappa shape index (κ3) is 2.25. The Balaban J connectivity index is 2.12. The van der Waals surface area contributed by atoms with Crippen LogP contribution in [0.5, 0.6) is 11.5 Å². The first-order valence-corrected chi connectivity index (χ1v) is 6.22. The van der Waals surface area contributed by atoms with Crippen LogP contribution < -0.4 is 10.5 Å². The summed E-state index contributed by atoms with van der Waals surface area (Å²) in [6, 6.07) is 4.94. The van der Waals surface area contributed by atoms with Gasteiger partial charge in [-0.3, -0.25) is 5.10 Å². The topological polar surface area (TPSA) is 110 Å². The van der Waals surface area contributed by atoms with E-state index in [9.17, 15) is 5.11 Å². The molecule has 0 fully saturated rings. The number of nitrogen functional groups attached to an aromatic ring is 1.